The highest BCUT2D eigenvalue weighted by molar-refractivity contribution is 7.94. The average molecular weight is 439 g/mol. The first-order valence-electron chi connectivity index (χ1n) is 8.64. The van der Waals surface area contributed by atoms with Crippen LogP contribution in [0.1, 0.15) is 30.0 Å². The summed E-state index contributed by atoms with van der Waals surface area (Å²) in [4.78, 5) is 20.5. The van der Waals surface area contributed by atoms with E-state index in [1.165, 1.54) is 31.5 Å². The largest absolute Gasteiger partial charge is 0.386 e. The molecule has 2 aliphatic rings. The number of nitrogens with one attached hydrogen (secondary N) is 1. The molecule has 2 aromatic rings. The number of nitrogens with zero attached hydrogens (tertiary/aromatic N) is 3. The van der Waals surface area contributed by atoms with E-state index < -0.39 is 37.1 Å². The monoisotopic (exact) mass is 439 g/mol. The molecule has 4 rings (SSSR count). The second-order valence-electron chi connectivity index (χ2n) is 7.38. The predicted octanol–water partition coefficient (Wildman–Crippen LogP) is 1.09. The first kappa shape index (κ1) is 19.9. The molecule has 2 aliphatic heterocycles. The summed E-state index contributed by atoms with van der Waals surface area (Å²) >= 11 is 1.02. The fourth-order valence-corrected chi connectivity index (χ4v) is 6.07. The molecular formula is C17H18FN5O4S2. The smallest absolute Gasteiger partial charge is 0.294 e. The zero-order valence-corrected chi connectivity index (χ0v) is 17.2. The fourth-order valence-electron chi connectivity index (χ4n) is 3.56. The summed E-state index contributed by atoms with van der Waals surface area (Å²) in [5.41, 5.74) is 6.13. The van der Waals surface area contributed by atoms with Crippen molar-refractivity contribution in [3.63, 3.8) is 0 Å². The number of carbonyl (C=O) groups excluding carboxylic acids is 1. The average Bonchev–Trinajstić information content (AvgIpc) is 3.33. The second-order valence-corrected chi connectivity index (χ2v) is 10.7. The van der Waals surface area contributed by atoms with Crippen LogP contribution in [0.25, 0.3) is 0 Å². The third-order valence-electron chi connectivity index (χ3n) is 5.40. The van der Waals surface area contributed by atoms with Gasteiger partial charge in [0.2, 0.25) is 5.82 Å². The Balaban J connectivity index is 1.81. The van der Waals surface area contributed by atoms with Crippen molar-refractivity contribution in [1.29, 1.82) is 0 Å². The first-order valence-corrected chi connectivity index (χ1v) is 11.0. The van der Waals surface area contributed by atoms with Gasteiger partial charge in [0.15, 0.2) is 9.84 Å². The number of nitrogens with two attached hydrogens (primary N) is 1. The summed E-state index contributed by atoms with van der Waals surface area (Å²) < 4.78 is 49.1. The number of hydrogen-bond acceptors (Lipinski definition) is 9. The minimum Gasteiger partial charge on any atom is -0.386 e. The van der Waals surface area contributed by atoms with E-state index in [-0.39, 0.29) is 36.1 Å². The molecule has 1 saturated heterocycles. The molecule has 1 aromatic carbocycles. The van der Waals surface area contributed by atoms with Gasteiger partial charge in [-0.1, -0.05) is 0 Å². The molecule has 29 heavy (non-hydrogen) atoms. The van der Waals surface area contributed by atoms with Crippen LogP contribution in [0, 0.1) is 5.82 Å². The summed E-state index contributed by atoms with van der Waals surface area (Å²) in [7, 11) is -3.84. The Morgan fingerprint density at radius 1 is 1.41 bits per heavy atom. The number of rotatable bonds is 3. The lowest BCUT2D eigenvalue weighted by molar-refractivity contribution is 0.101. The van der Waals surface area contributed by atoms with E-state index >= 15 is 0 Å². The van der Waals surface area contributed by atoms with Crippen LogP contribution >= 0.6 is 11.5 Å². The molecule has 1 amide bonds. The number of amides is 1. The van der Waals surface area contributed by atoms with Gasteiger partial charge in [0.1, 0.15) is 32.7 Å². The summed E-state index contributed by atoms with van der Waals surface area (Å²) in [6, 6.07) is 3.85. The molecule has 154 valence electrons. The lowest BCUT2D eigenvalue weighted by Gasteiger charge is -2.41. The van der Waals surface area contributed by atoms with Crippen LogP contribution in [0.3, 0.4) is 0 Å². The topological polar surface area (TPSA) is 137 Å². The number of hydrogen-bond donors (Lipinski definition) is 2. The number of aliphatic imine (C=N–C) groups is 1. The van der Waals surface area contributed by atoms with Crippen LogP contribution in [0.5, 0.6) is 0 Å². The van der Waals surface area contributed by atoms with Crippen LogP contribution in [0.4, 0.5) is 10.1 Å². The van der Waals surface area contributed by atoms with Crippen LogP contribution in [-0.2, 0) is 20.1 Å². The molecule has 3 N–H and O–H groups in total. The molecule has 2 atom stereocenters. The Morgan fingerprint density at radius 2 is 2.17 bits per heavy atom. The van der Waals surface area contributed by atoms with Gasteiger partial charge in [-0.15, -0.1) is 0 Å². The molecule has 0 spiro atoms. The highest BCUT2D eigenvalue weighted by atomic mass is 32.2. The highest BCUT2D eigenvalue weighted by Crippen LogP contribution is 2.47. The number of anilines is 1. The lowest BCUT2D eigenvalue weighted by Crippen LogP contribution is -2.60. The predicted molar refractivity (Wildman–Crippen MR) is 105 cm³/mol. The number of aromatic nitrogens is 2. The summed E-state index contributed by atoms with van der Waals surface area (Å²) in [5.74, 6) is -1.37. The van der Waals surface area contributed by atoms with E-state index in [2.05, 4.69) is 19.7 Å². The van der Waals surface area contributed by atoms with Gasteiger partial charge in [0.05, 0.1) is 13.2 Å². The third-order valence-corrected chi connectivity index (χ3v) is 8.79. The van der Waals surface area contributed by atoms with Crippen molar-refractivity contribution in [2.24, 2.45) is 10.7 Å². The molecule has 0 unspecified atom stereocenters. The van der Waals surface area contributed by atoms with E-state index in [9.17, 15) is 17.6 Å². The molecule has 1 fully saturated rings. The van der Waals surface area contributed by atoms with Crippen molar-refractivity contribution in [3.05, 3.63) is 40.9 Å². The molecule has 3 heterocycles. The zero-order chi connectivity index (χ0) is 21.0. The summed E-state index contributed by atoms with van der Waals surface area (Å²) in [5, 5.41) is 1.48. The van der Waals surface area contributed by atoms with Gasteiger partial charge in [-0.2, -0.15) is 4.37 Å². The van der Waals surface area contributed by atoms with Crippen LogP contribution in [-0.4, -0.2) is 52.7 Å². The van der Waals surface area contributed by atoms with Crippen molar-refractivity contribution in [2.45, 2.75) is 29.4 Å². The summed E-state index contributed by atoms with van der Waals surface area (Å²) in [6.07, 6.45) is 0. The maximum Gasteiger partial charge on any atom is 0.294 e. The number of halogens is 1. The Kier molecular flexibility index (Phi) is 4.48. The van der Waals surface area contributed by atoms with E-state index in [1.807, 2.05) is 0 Å². The van der Waals surface area contributed by atoms with Crippen molar-refractivity contribution in [3.8, 4) is 0 Å². The normalized spacial score (nSPS) is 27.1. The second kappa shape index (κ2) is 6.54. The molecule has 0 bridgehead atoms. The minimum absolute atomic E-state index is 0.00828. The lowest BCUT2D eigenvalue weighted by atomic mass is 9.87. The number of benzene rings is 1. The highest BCUT2D eigenvalue weighted by Gasteiger charge is 2.62. The van der Waals surface area contributed by atoms with Gasteiger partial charge in [0, 0.05) is 11.3 Å². The number of carbonyl (C=O) groups is 1. The van der Waals surface area contributed by atoms with Gasteiger partial charge in [-0.05, 0) is 43.6 Å². The van der Waals surface area contributed by atoms with Crippen molar-refractivity contribution in [1.82, 2.24) is 9.36 Å². The molecule has 0 aliphatic carbocycles. The standard InChI is InChI=1S/C17H18FN5O4S2/c1-16(2)15(19)22-17(7-27-6-12(17)29(16,25)26)10-5-9(3-4-11(10)18)21-14(24)13-20-8-28-23-13/h3-5,8,12H,6-7H2,1-2H3,(H2,19,22)(H,21,24)/t12-,17-/m1/s1. The van der Waals surface area contributed by atoms with Crippen molar-refractivity contribution in [2.75, 3.05) is 18.5 Å². The van der Waals surface area contributed by atoms with E-state index in [4.69, 9.17) is 10.5 Å². The third kappa shape index (κ3) is 2.85. The van der Waals surface area contributed by atoms with Gasteiger partial charge < -0.3 is 15.8 Å². The summed E-state index contributed by atoms with van der Waals surface area (Å²) in [6.45, 7) is 2.67. The number of fused-ring (bicyclic) bond motifs is 1. The molecule has 12 heteroatoms. The Morgan fingerprint density at radius 3 is 2.86 bits per heavy atom. The molecule has 0 radical (unpaired) electrons. The quantitative estimate of drug-likeness (QED) is 0.730. The van der Waals surface area contributed by atoms with Crippen molar-refractivity contribution < 1.29 is 22.3 Å². The van der Waals surface area contributed by atoms with Gasteiger partial charge in [0.25, 0.3) is 5.91 Å². The molecule has 0 saturated carbocycles. The number of amidine groups is 1. The molecule has 9 nitrogen and oxygen atoms in total. The van der Waals surface area contributed by atoms with E-state index in [1.54, 1.807) is 0 Å². The zero-order valence-electron chi connectivity index (χ0n) is 15.5. The van der Waals surface area contributed by atoms with Crippen molar-refractivity contribution >= 4 is 38.8 Å². The molecule has 1 aromatic heterocycles. The Hall–Kier alpha value is -2.44. The van der Waals surface area contributed by atoms with Gasteiger partial charge in [-0.3, -0.25) is 9.79 Å². The van der Waals surface area contributed by atoms with Crippen LogP contribution in [0.15, 0.2) is 28.7 Å². The maximum atomic E-state index is 14.9. The minimum atomic E-state index is -3.84. The fraction of sp³-hybridized carbons (Fsp3) is 0.412. The number of ether oxygens (including phenoxy) is 1. The van der Waals surface area contributed by atoms with E-state index in [0.29, 0.717) is 0 Å². The van der Waals surface area contributed by atoms with E-state index in [0.717, 1.165) is 17.6 Å². The van der Waals surface area contributed by atoms with Gasteiger partial charge in [-0.25, -0.2) is 17.8 Å². The first-order chi connectivity index (χ1) is 13.6. The molecular weight excluding hydrogens is 421 g/mol. The Labute approximate surface area is 170 Å². The van der Waals surface area contributed by atoms with Crippen LogP contribution in [0.2, 0.25) is 0 Å². The van der Waals surface area contributed by atoms with Gasteiger partial charge >= 0.3 is 0 Å². The number of sulfone groups is 1. The Bertz CT molecular complexity index is 1120. The SMILES string of the molecule is CC1(C)C(N)=N[C@@]2(c3cc(NC(=O)c4ncsn4)ccc3F)COC[C@H]2S1(=O)=O. The van der Waals surface area contributed by atoms with Crippen LogP contribution < -0.4 is 11.1 Å². The maximum absolute atomic E-state index is 14.9.